The van der Waals surface area contributed by atoms with Crippen LogP contribution in [0.3, 0.4) is 0 Å². The van der Waals surface area contributed by atoms with Crippen LogP contribution in [-0.4, -0.2) is 11.5 Å². The van der Waals surface area contributed by atoms with E-state index in [0.29, 0.717) is 11.2 Å². The molecule has 5 heteroatoms. The van der Waals surface area contributed by atoms with Crippen LogP contribution >= 0.6 is 0 Å². The molecule has 0 bridgehead atoms. The van der Waals surface area contributed by atoms with E-state index < -0.39 is 11.9 Å². The predicted molar refractivity (Wildman–Crippen MR) is 62.1 cm³/mol. The van der Waals surface area contributed by atoms with Gasteiger partial charge in [-0.1, -0.05) is 6.07 Å². The summed E-state index contributed by atoms with van der Waals surface area (Å²) in [5.74, 6) is 1.12. The van der Waals surface area contributed by atoms with Gasteiger partial charge in [-0.3, -0.25) is 0 Å². The lowest BCUT2D eigenvalue weighted by atomic mass is 10.0. The maximum atomic E-state index is 12.5. The quantitative estimate of drug-likeness (QED) is 0.888. The van der Waals surface area contributed by atoms with Gasteiger partial charge in [0.1, 0.15) is 11.5 Å². The molecule has 1 heterocycles. The molecule has 0 amide bonds. The summed E-state index contributed by atoms with van der Waals surface area (Å²) in [6.07, 6.45) is 0.577. The second-order valence-electron chi connectivity index (χ2n) is 5.40. The second kappa shape index (κ2) is 3.87. The highest BCUT2D eigenvalue weighted by molar-refractivity contribution is 5.37. The van der Waals surface area contributed by atoms with Crippen molar-refractivity contribution in [1.29, 1.82) is 0 Å². The number of hydrogen-bond acceptors (Lipinski definition) is 2. The third-order valence-electron chi connectivity index (χ3n) is 4.00. The first kappa shape index (κ1) is 11.8. The van der Waals surface area contributed by atoms with Crippen LogP contribution in [-0.2, 0) is 6.18 Å². The molecule has 2 fully saturated rings. The van der Waals surface area contributed by atoms with Gasteiger partial charge in [-0.25, -0.2) is 4.98 Å². The van der Waals surface area contributed by atoms with Crippen molar-refractivity contribution in [1.82, 2.24) is 4.98 Å². The van der Waals surface area contributed by atoms with Gasteiger partial charge in [0.2, 0.25) is 0 Å². The predicted octanol–water partition coefficient (Wildman–Crippen LogP) is 3.70. The number of rotatable bonds is 4. The van der Waals surface area contributed by atoms with Crippen molar-refractivity contribution in [2.24, 2.45) is 11.3 Å². The maximum absolute atomic E-state index is 12.5. The van der Waals surface area contributed by atoms with Gasteiger partial charge in [0, 0.05) is 6.54 Å². The Kier molecular flexibility index (Phi) is 2.54. The molecule has 2 saturated carbocycles. The van der Waals surface area contributed by atoms with Crippen molar-refractivity contribution in [3.05, 3.63) is 23.9 Å². The van der Waals surface area contributed by atoms with E-state index in [2.05, 4.69) is 10.3 Å². The Labute approximate surface area is 104 Å². The van der Waals surface area contributed by atoms with Crippen LogP contribution in [0.5, 0.6) is 0 Å². The summed E-state index contributed by atoms with van der Waals surface area (Å²) in [4.78, 5) is 3.62. The van der Waals surface area contributed by atoms with E-state index in [0.717, 1.165) is 18.5 Å². The normalized spacial score (nSPS) is 21.7. The molecule has 2 nitrogen and oxygen atoms in total. The minimum Gasteiger partial charge on any atom is -0.369 e. The number of pyridine rings is 1. The fraction of sp³-hybridized carbons (Fsp3) is 0.615. The number of alkyl halides is 3. The summed E-state index contributed by atoms with van der Waals surface area (Å²) in [6.45, 7) is 0.756. The molecule has 0 radical (unpaired) electrons. The van der Waals surface area contributed by atoms with Crippen LogP contribution in [0, 0.1) is 11.3 Å². The Morgan fingerprint density at radius 2 is 2.00 bits per heavy atom. The SMILES string of the molecule is FC(F)(F)c1cccc(NCC2(C3CC3)CC2)n1. The molecule has 1 N–H and O–H groups in total. The van der Waals surface area contributed by atoms with Gasteiger partial charge in [-0.15, -0.1) is 0 Å². The van der Waals surface area contributed by atoms with Crippen molar-refractivity contribution in [2.45, 2.75) is 31.9 Å². The van der Waals surface area contributed by atoms with E-state index >= 15 is 0 Å². The molecule has 0 saturated heterocycles. The van der Waals surface area contributed by atoms with E-state index in [1.54, 1.807) is 6.07 Å². The molecule has 1 aromatic heterocycles. The second-order valence-corrected chi connectivity index (χ2v) is 5.40. The highest BCUT2D eigenvalue weighted by Crippen LogP contribution is 2.61. The summed E-state index contributed by atoms with van der Waals surface area (Å²) in [5, 5.41) is 3.07. The summed E-state index contributed by atoms with van der Waals surface area (Å²) in [5.41, 5.74) is -0.473. The van der Waals surface area contributed by atoms with Gasteiger partial charge < -0.3 is 5.32 Å². The van der Waals surface area contributed by atoms with Gasteiger partial charge in [0.15, 0.2) is 0 Å². The molecular weight excluding hydrogens is 241 g/mol. The van der Waals surface area contributed by atoms with Crippen molar-refractivity contribution in [3.8, 4) is 0 Å². The molecule has 3 rings (SSSR count). The first-order valence-corrected chi connectivity index (χ1v) is 6.28. The van der Waals surface area contributed by atoms with Crippen molar-refractivity contribution >= 4 is 5.82 Å². The number of nitrogens with one attached hydrogen (secondary N) is 1. The van der Waals surface area contributed by atoms with E-state index in [1.165, 1.54) is 31.7 Å². The summed E-state index contributed by atoms with van der Waals surface area (Å²) in [7, 11) is 0. The number of halogens is 3. The monoisotopic (exact) mass is 256 g/mol. The molecule has 2 aliphatic rings. The molecule has 0 atom stereocenters. The molecule has 0 spiro atoms. The average molecular weight is 256 g/mol. The molecule has 1 aromatic rings. The Balaban J connectivity index is 1.66. The lowest BCUT2D eigenvalue weighted by Gasteiger charge is -2.16. The lowest BCUT2D eigenvalue weighted by Crippen LogP contribution is -2.18. The van der Waals surface area contributed by atoms with Gasteiger partial charge in [0.25, 0.3) is 0 Å². The van der Waals surface area contributed by atoms with Crippen LogP contribution in [0.15, 0.2) is 18.2 Å². The van der Waals surface area contributed by atoms with E-state index in [1.807, 2.05) is 0 Å². The van der Waals surface area contributed by atoms with Crippen molar-refractivity contribution in [2.75, 3.05) is 11.9 Å². The Morgan fingerprint density at radius 1 is 1.28 bits per heavy atom. The largest absolute Gasteiger partial charge is 0.433 e. The summed E-state index contributed by atoms with van der Waals surface area (Å²) >= 11 is 0. The summed E-state index contributed by atoms with van der Waals surface area (Å²) < 4.78 is 37.5. The van der Waals surface area contributed by atoms with E-state index in [4.69, 9.17) is 0 Å². The number of anilines is 1. The highest BCUT2D eigenvalue weighted by Gasteiger charge is 2.53. The third-order valence-corrected chi connectivity index (χ3v) is 4.00. The van der Waals surface area contributed by atoms with Crippen LogP contribution in [0.2, 0.25) is 0 Å². The number of nitrogens with zero attached hydrogens (tertiary/aromatic N) is 1. The van der Waals surface area contributed by atoms with Crippen LogP contribution < -0.4 is 5.32 Å². The highest BCUT2D eigenvalue weighted by atomic mass is 19.4. The minimum atomic E-state index is -4.37. The molecule has 0 aromatic carbocycles. The Bertz CT molecular complexity index is 448. The van der Waals surface area contributed by atoms with Gasteiger partial charge in [-0.05, 0) is 49.1 Å². The van der Waals surface area contributed by atoms with Gasteiger partial charge in [0.05, 0.1) is 0 Å². The lowest BCUT2D eigenvalue weighted by molar-refractivity contribution is -0.141. The standard InChI is InChI=1S/C13H15F3N2/c14-13(15,16)10-2-1-3-11(18-10)17-8-12(6-7-12)9-4-5-9/h1-3,9H,4-8H2,(H,17,18). The Morgan fingerprint density at radius 3 is 2.56 bits per heavy atom. The van der Waals surface area contributed by atoms with E-state index in [-0.39, 0.29) is 0 Å². The minimum absolute atomic E-state index is 0.330. The van der Waals surface area contributed by atoms with E-state index in [9.17, 15) is 13.2 Å². The van der Waals surface area contributed by atoms with Crippen LogP contribution in [0.1, 0.15) is 31.4 Å². The first-order chi connectivity index (χ1) is 8.50. The molecular formula is C13H15F3N2. The molecule has 2 aliphatic carbocycles. The fourth-order valence-corrected chi connectivity index (χ4v) is 2.54. The Hall–Kier alpha value is -1.26. The number of aromatic nitrogens is 1. The molecule has 98 valence electrons. The summed E-state index contributed by atoms with van der Waals surface area (Å²) in [6, 6.07) is 3.99. The molecule has 0 aliphatic heterocycles. The smallest absolute Gasteiger partial charge is 0.369 e. The van der Waals surface area contributed by atoms with Crippen molar-refractivity contribution < 1.29 is 13.2 Å². The van der Waals surface area contributed by atoms with Crippen LogP contribution in [0.4, 0.5) is 19.0 Å². The first-order valence-electron chi connectivity index (χ1n) is 6.28. The van der Waals surface area contributed by atoms with Crippen LogP contribution in [0.25, 0.3) is 0 Å². The zero-order chi connectivity index (χ0) is 12.8. The zero-order valence-corrected chi connectivity index (χ0v) is 9.93. The van der Waals surface area contributed by atoms with Crippen molar-refractivity contribution in [3.63, 3.8) is 0 Å². The molecule has 18 heavy (non-hydrogen) atoms. The van der Waals surface area contributed by atoms with Gasteiger partial charge in [-0.2, -0.15) is 13.2 Å². The maximum Gasteiger partial charge on any atom is 0.433 e. The molecule has 0 unspecified atom stereocenters. The van der Waals surface area contributed by atoms with Gasteiger partial charge >= 0.3 is 6.18 Å². The topological polar surface area (TPSA) is 24.9 Å². The third kappa shape index (κ3) is 2.31. The number of hydrogen-bond donors (Lipinski definition) is 1. The average Bonchev–Trinajstić information content (AvgIpc) is 3.17. The zero-order valence-electron chi connectivity index (χ0n) is 9.93. The fourth-order valence-electron chi connectivity index (χ4n) is 2.54.